The summed E-state index contributed by atoms with van der Waals surface area (Å²) in [6.45, 7) is 0.311. The number of ether oxygens (including phenoxy) is 1. The van der Waals surface area contributed by atoms with Crippen molar-refractivity contribution in [2.45, 2.75) is 12.5 Å². The van der Waals surface area contributed by atoms with Crippen LogP contribution in [0.3, 0.4) is 0 Å². The Morgan fingerprint density at radius 2 is 2.47 bits per heavy atom. The fraction of sp³-hybridized carbons (Fsp3) is 0.455. The Labute approximate surface area is 99.8 Å². The SMILES string of the molecule is COCC(CCO)NC(=O)c1ncccc1N. The number of aliphatic hydroxyl groups is 1. The zero-order valence-corrected chi connectivity index (χ0v) is 9.72. The molecule has 94 valence electrons. The number of amides is 1. The second-order valence-electron chi connectivity index (χ2n) is 3.58. The van der Waals surface area contributed by atoms with Crippen molar-refractivity contribution in [3.63, 3.8) is 0 Å². The summed E-state index contributed by atoms with van der Waals surface area (Å²) in [4.78, 5) is 15.7. The topological polar surface area (TPSA) is 97.5 Å². The standard InChI is InChI=1S/C11H17N3O3/c1-17-7-8(4-6-15)14-11(16)10-9(12)3-2-5-13-10/h2-3,5,8,15H,4,6-7,12H2,1H3,(H,14,16). The number of aromatic nitrogens is 1. The minimum absolute atomic E-state index is 0.0218. The van der Waals surface area contributed by atoms with E-state index in [0.29, 0.717) is 18.7 Å². The van der Waals surface area contributed by atoms with Gasteiger partial charge in [-0.25, -0.2) is 4.98 Å². The number of pyridine rings is 1. The van der Waals surface area contributed by atoms with E-state index < -0.39 is 0 Å². The highest BCUT2D eigenvalue weighted by Gasteiger charge is 2.16. The maximum Gasteiger partial charge on any atom is 0.272 e. The summed E-state index contributed by atoms with van der Waals surface area (Å²) < 4.78 is 4.95. The Hall–Kier alpha value is -1.66. The lowest BCUT2D eigenvalue weighted by Crippen LogP contribution is -2.39. The van der Waals surface area contributed by atoms with Gasteiger partial charge in [0.25, 0.3) is 5.91 Å². The monoisotopic (exact) mass is 239 g/mol. The second-order valence-corrected chi connectivity index (χ2v) is 3.58. The smallest absolute Gasteiger partial charge is 0.272 e. The number of hydrogen-bond acceptors (Lipinski definition) is 5. The number of anilines is 1. The maximum atomic E-state index is 11.8. The lowest BCUT2D eigenvalue weighted by molar-refractivity contribution is 0.0875. The Morgan fingerprint density at radius 1 is 1.71 bits per heavy atom. The van der Waals surface area contributed by atoms with Crippen LogP contribution in [-0.4, -0.2) is 42.4 Å². The molecule has 0 saturated heterocycles. The van der Waals surface area contributed by atoms with Crippen molar-refractivity contribution in [2.24, 2.45) is 0 Å². The first kappa shape index (κ1) is 13.4. The number of nitrogens with one attached hydrogen (secondary N) is 1. The predicted molar refractivity (Wildman–Crippen MR) is 63.5 cm³/mol. The van der Waals surface area contributed by atoms with Crippen LogP contribution in [0, 0.1) is 0 Å². The molecule has 0 aliphatic heterocycles. The lowest BCUT2D eigenvalue weighted by atomic mass is 10.2. The predicted octanol–water partition coefficient (Wildman–Crippen LogP) is -0.209. The summed E-state index contributed by atoms with van der Waals surface area (Å²) >= 11 is 0. The van der Waals surface area contributed by atoms with E-state index in [9.17, 15) is 4.79 Å². The minimum atomic E-state index is -0.362. The number of nitrogens with two attached hydrogens (primary N) is 1. The number of nitrogens with zero attached hydrogens (tertiary/aromatic N) is 1. The third-order valence-electron chi connectivity index (χ3n) is 2.23. The van der Waals surface area contributed by atoms with Gasteiger partial charge in [-0.15, -0.1) is 0 Å². The maximum absolute atomic E-state index is 11.8. The van der Waals surface area contributed by atoms with Gasteiger partial charge >= 0.3 is 0 Å². The average molecular weight is 239 g/mol. The van der Waals surface area contributed by atoms with Crippen molar-refractivity contribution < 1.29 is 14.6 Å². The summed E-state index contributed by atoms with van der Waals surface area (Å²) in [7, 11) is 1.53. The van der Waals surface area contributed by atoms with Crippen LogP contribution in [0.25, 0.3) is 0 Å². The molecule has 0 radical (unpaired) electrons. The number of rotatable bonds is 6. The van der Waals surface area contributed by atoms with E-state index in [1.807, 2.05) is 0 Å². The molecule has 6 heteroatoms. The van der Waals surface area contributed by atoms with Crippen LogP contribution in [0.2, 0.25) is 0 Å². The van der Waals surface area contributed by atoms with Crippen LogP contribution >= 0.6 is 0 Å². The van der Waals surface area contributed by atoms with Crippen molar-refractivity contribution in [1.29, 1.82) is 0 Å². The molecule has 17 heavy (non-hydrogen) atoms. The molecule has 0 aromatic carbocycles. The third-order valence-corrected chi connectivity index (χ3v) is 2.23. The summed E-state index contributed by atoms with van der Waals surface area (Å²) in [5.41, 5.74) is 6.15. The van der Waals surface area contributed by atoms with Crippen molar-refractivity contribution in [3.8, 4) is 0 Å². The van der Waals surface area contributed by atoms with Crippen LogP contribution < -0.4 is 11.1 Å². The van der Waals surface area contributed by atoms with E-state index in [1.54, 1.807) is 12.1 Å². The van der Waals surface area contributed by atoms with E-state index in [1.165, 1.54) is 13.3 Å². The Kier molecular flexibility index (Phi) is 5.38. The Bertz CT molecular complexity index is 365. The van der Waals surface area contributed by atoms with E-state index in [0.717, 1.165) is 0 Å². The van der Waals surface area contributed by atoms with Crippen molar-refractivity contribution >= 4 is 11.6 Å². The molecule has 0 bridgehead atoms. The summed E-state index contributed by atoms with van der Waals surface area (Å²) in [6.07, 6.45) is 1.93. The van der Waals surface area contributed by atoms with Gasteiger partial charge in [-0.3, -0.25) is 4.79 Å². The summed E-state index contributed by atoms with van der Waals surface area (Å²) in [6, 6.07) is 3.02. The van der Waals surface area contributed by atoms with Gasteiger partial charge in [0.05, 0.1) is 18.3 Å². The average Bonchev–Trinajstić information content (AvgIpc) is 2.30. The van der Waals surface area contributed by atoms with Gasteiger partial charge in [-0.2, -0.15) is 0 Å². The fourth-order valence-corrected chi connectivity index (χ4v) is 1.42. The highest BCUT2D eigenvalue weighted by molar-refractivity contribution is 5.97. The van der Waals surface area contributed by atoms with Gasteiger partial charge < -0.3 is 20.9 Å². The molecule has 0 aliphatic carbocycles. The van der Waals surface area contributed by atoms with Crippen LogP contribution in [-0.2, 0) is 4.74 Å². The molecule has 4 N–H and O–H groups in total. The molecule has 6 nitrogen and oxygen atoms in total. The van der Waals surface area contributed by atoms with Gasteiger partial charge in [-0.05, 0) is 18.6 Å². The first-order chi connectivity index (χ1) is 8.19. The molecule has 1 rings (SSSR count). The molecule has 1 amide bonds. The Morgan fingerprint density at radius 3 is 3.06 bits per heavy atom. The molecule has 0 saturated carbocycles. The number of methoxy groups -OCH3 is 1. The van der Waals surface area contributed by atoms with Gasteiger partial charge in [-0.1, -0.05) is 0 Å². The quantitative estimate of drug-likeness (QED) is 0.638. The molecular weight excluding hydrogens is 222 g/mol. The lowest BCUT2D eigenvalue weighted by Gasteiger charge is -2.16. The zero-order chi connectivity index (χ0) is 12.7. The molecule has 1 unspecified atom stereocenters. The van der Waals surface area contributed by atoms with Gasteiger partial charge in [0.1, 0.15) is 0 Å². The fourth-order valence-electron chi connectivity index (χ4n) is 1.42. The normalized spacial score (nSPS) is 12.1. The van der Waals surface area contributed by atoms with Crippen molar-refractivity contribution in [2.75, 3.05) is 26.1 Å². The third kappa shape index (κ3) is 4.01. The first-order valence-electron chi connectivity index (χ1n) is 5.30. The summed E-state index contributed by atoms with van der Waals surface area (Å²) in [5.74, 6) is -0.362. The molecule has 0 spiro atoms. The van der Waals surface area contributed by atoms with Crippen molar-refractivity contribution in [1.82, 2.24) is 10.3 Å². The van der Waals surface area contributed by atoms with E-state index in [4.69, 9.17) is 15.6 Å². The largest absolute Gasteiger partial charge is 0.397 e. The van der Waals surface area contributed by atoms with Gasteiger partial charge in [0, 0.05) is 19.9 Å². The first-order valence-corrected chi connectivity index (χ1v) is 5.30. The molecule has 0 fully saturated rings. The number of carbonyl (C=O) groups is 1. The molecule has 1 aromatic rings. The van der Waals surface area contributed by atoms with E-state index in [-0.39, 0.29) is 24.2 Å². The zero-order valence-electron chi connectivity index (χ0n) is 9.72. The number of nitrogen functional groups attached to an aromatic ring is 1. The molecular formula is C11H17N3O3. The van der Waals surface area contributed by atoms with Crippen molar-refractivity contribution in [3.05, 3.63) is 24.0 Å². The van der Waals surface area contributed by atoms with Crippen LogP contribution in [0.15, 0.2) is 18.3 Å². The minimum Gasteiger partial charge on any atom is -0.397 e. The molecule has 1 atom stereocenters. The van der Waals surface area contributed by atoms with E-state index in [2.05, 4.69) is 10.3 Å². The molecule has 1 heterocycles. The number of aliphatic hydroxyl groups excluding tert-OH is 1. The molecule has 1 aromatic heterocycles. The highest BCUT2D eigenvalue weighted by atomic mass is 16.5. The Balaban J connectivity index is 2.67. The molecule has 0 aliphatic rings. The van der Waals surface area contributed by atoms with Gasteiger partial charge in [0.2, 0.25) is 0 Å². The van der Waals surface area contributed by atoms with Crippen LogP contribution in [0.1, 0.15) is 16.9 Å². The number of carbonyl (C=O) groups excluding carboxylic acids is 1. The van der Waals surface area contributed by atoms with Crippen LogP contribution in [0.4, 0.5) is 5.69 Å². The van der Waals surface area contributed by atoms with Crippen LogP contribution in [0.5, 0.6) is 0 Å². The summed E-state index contributed by atoms with van der Waals surface area (Å²) in [5, 5.41) is 11.6. The van der Waals surface area contributed by atoms with Gasteiger partial charge in [0.15, 0.2) is 5.69 Å². The van der Waals surface area contributed by atoms with E-state index >= 15 is 0 Å². The number of hydrogen-bond donors (Lipinski definition) is 3. The second kappa shape index (κ2) is 6.82. The highest BCUT2D eigenvalue weighted by Crippen LogP contribution is 2.07.